The van der Waals surface area contributed by atoms with Gasteiger partial charge in [-0.2, -0.15) is 0 Å². The normalized spacial score (nSPS) is 20.9. The van der Waals surface area contributed by atoms with Gasteiger partial charge in [0.15, 0.2) is 0 Å². The predicted octanol–water partition coefficient (Wildman–Crippen LogP) is 3.42. The fraction of sp³-hybridized carbons (Fsp3) is 0.462. The highest BCUT2D eigenvalue weighted by molar-refractivity contribution is 7.88. The molecule has 0 radical (unpaired) electrons. The summed E-state index contributed by atoms with van der Waals surface area (Å²) in [5.41, 5.74) is 2.72. The van der Waals surface area contributed by atoms with Crippen LogP contribution >= 0.6 is 11.6 Å². The highest BCUT2D eigenvalue weighted by Gasteiger charge is 2.59. The van der Waals surface area contributed by atoms with Gasteiger partial charge in [-0.3, -0.25) is 4.79 Å². The van der Waals surface area contributed by atoms with Gasteiger partial charge >= 0.3 is 0 Å². The van der Waals surface area contributed by atoms with Crippen LogP contribution in [0.1, 0.15) is 37.1 Å². The first-order valence-corrected chi connectivity index (χ1v) is 14.8. The van der Waals surface area contributed by atoms with Crippen molar-refractivity contribution in [2.75, 3.05) is 30.8 Å². The van der Waals surface area contributed by atoms with E-state index in [2.05, 4.69) is 9.88 Å². The zero-order chi connectivity index (χ0) is 25.9. The Kier molecular flexibility index (Phi) is 6.06. The number of nitrogens with one attached hydrogen (secondary N) is 1. The molecule has 37 heavy (non-hydrogen) atoms. The molecule has 1 unspecified atom stereocenters. The van der Waals surface area contributed by atoms with Gasteiger partial charge in [0.1, 0.15) is 11.6 Å². The number of halogens is 2. The Labute approximate surface area is 220 Å². The molecule has 1 amide bonds. The number of rotatable bonds is 8. The average Bonchev–Trinajstić information content (AvgIpc) is 3.28. The van der Waals surface area contributed by atoms with Gasteiger partial charge in [0.05, 0.1) is 34.9 Å². The molecule has 6 rings (SSSR count). The summed E-state index contributed by atoms with van der Waals surface area (Å²) in [6.07, 6.45) is 4.41. The quantitative estimate of drug-likeness (QED) is 0.438. The summed E-state index contributed by atoms with van der Waals surface area (Å²) >= 11 is 6.23. The van der Waals surface area contributed by atoms with Crippen molar-refractivity contribution in [2.45, 2.75) is 50.2 Å². The number of anilines is 1. The number of nitrogens with zero attached hydrogens (tertiary/aromatic N) is 4. The van der Waals surface area contributed by atoms with Crippen LogP contribution in [0.4, 0.5) is 10.1 Å². The first kappa shape index (κ1) is 24.8. The van der Waals surface area contributed by atoms with E-state index in [1.807, 2.05) is 18.2 Å². The molecular formula is C26H29ClFN5O3S. The highest BCUT2D eigenvalue weighted by atomic mass is 35.5. The lowest BCUT2D eigenvalue weighted by Crippen LogP contribution is -2.35. The van der Waals surface area contributed by atoms with Crippen molar-refractivity contribution in [3.63, 3.8) is 0 Å². The van der Waals surface area contributed by atoms with Crippen molar-refractivity contribution in [3.05, 3.63) is 58.6 Å². The van der Waals surface area contributed by atoms with E-state index in [4.69, 9.17) is 16.6 Å². The highest BCUT2D eigenvalue weighted by Crippen LogP contribution is 2.57. The Morgan fingerprint density at radius 1 is 1.22 bits per heavy atom. The van der Waals surface area contributed by atoms with Gasteiger partial charge in [-0.05, 0) is 68.1 Å². The average molecular weight is 546 g/mol. The number of sulfonamides is 1. The maximum absolute atomic E-state index is 14.2. The van der Waals surface area contributed by atoms with Crippen LogP contribution < -0.4 is 10.2 Å². The number of aromatic nitrogens is 2. The molecule has 2 fully saturated rings. The fourth-order valence-corrected chi connectivity index (χ4v) is 6.84. The van der Waals surface area contributed by atoms with Gasteiger partial charge in [0.25, 0.3) is 0 Å². The van der Waals surface area contributed by atoms with Gasteiger partial charge in [0.2, 0.25) is 15.9 Å². The molecule has 1 N–H and O–H groups in total. The fourth-order valence-electron chi connectivity index (χ4n) is 5.78. The van der Waals surface area contributed by atoms with Gasteiger partial charge in [-0.15, -0.1) is 0 Å². The number of carbonyl (C=O) groups is 1. The second kappa shape index (κ2) is 9.04. The SMILES string of the molecule is CS(=O)(=O)N1CCC(NCCCn2c(CN3C(=O)C4(CC4)c4ccc(F)cc43)nc3cc(Cl)ccc32)C1. The number of hydrogen-bond donors (Lipinski definition) is 1. The molecule has 1 saturated heterocycles. The third-order valence-corrected chi connectivity index (χ3v) is 9.38. The smallest absolute Gasteiger partial charge is 0.238 e. The Balaban J connectivity index is 1.21. The molecule has 1 spiro atoms. The van der Waals surface area contributed by atoms with Crippen LogP contribution in [0.5, 0.6) is 0 Å². The topological polar surface area (TPSA) is 87.5 Å². The summed E-state index contributed by atoms with van der Waals surface area (Å²) in [6.45, 7) is 2.66. The Hall–Kier alpha value is -2.53. The van der Waals surface area contributed by atoms with Crippen LogP contribution in [0.15, 0.2) is 36.4 Å². The maximum Gasteiger partial charge on any atom is 0.238 e. The third kappa shape index (κ3) is 4.43. The van der Waals surface area contributed by atoms with Gasteiger partial charge in [-0.25, -0.2) is 22.1 Å². The van der Waals surface area contributed by atoms with E-state index in [-0.39, 0.29) is 24.3 Å². The van der Waals surface area contributed by atoms with E-state index in [0.29, 0.717) is 30.3 Å². The van der Waals surface area contributed by atoms with Gasteiger partial charge in [0, 0.05) is 30.7 Å². The molecule has 8 nitrogen and oxygen atoms in total. The number of hydrogen-bond acceptors (Lipinski definition) is 5. The molecule has 1 aliphatic carbocycles. The van der Waals surface area contributed by atoms with Crippen molar-refractivity contribution < 1.29 is 17.6 Å². The lowest BCUT2D eigenvalue weighted by Gasteiger charge is -2.19. The number of fused-ring (bicyclic) bond motifs is 3. The summed E-state index contributed by atoms with van der Waals surface area (Å²) in [6, 6.07) is 10.3. The summed E-state index contributed by atoms with van der Waals surface area (Å²) in [7, 11) is -3.16. The van der Waals surface area contributed by atoms with Crippen molar-refractivity contribution in [1.82, 2.24) is 19.2 Å². The number of carbonyl (C=O) groups excluding carboxylic acids is 1. The molecule has 1 saturated carbocycles. The van der Waals surface area contributed by atoms with Gasteiger partial charge in [-0.1, -0.05) is 17.7 Å². The maximum atomic E-state index is 14.2. The lowest BCUT2D eigenvalue weighted by atomic mass is 9.98. The molecule has 3 heterocycles. The van der Waals surface area contributed by atoms with E-state index in [0.717, 1.165) is 54.6 Å². The molecule has 196 valence electrons. The van der Waals surface area contributed by atoms with Crippen molar-refractivity contribution in [3.8, 4) is 0 Å². The summed E-state index contributed by atoms with van der Waals surface area (Å²) in [5.74, 6) is 0.382. The molecule has 1 aromatic heterocycles. The van der Waals surface area contributed by atoms with E-state index < -0.39 is 15.4 Å². The molecule has 3 aromatic rings. The van der Waals surface area contributed by atoms with Crippen LogP contribution in [0.25, 0.3) is 11.0 Å². The number of aryl methyl sites for hydroxylation is 1. The minimum atomic E-state index is -3.16. The standard InChI is InChI=1S/C26H29ClFN5O3S/c1-37(35,36)31-12-7-19(15-31)29-10-2-11-32-22-6-3-17(27)13-21(22)30-24(32)16-33-23-14-18(28)4-5-20(23)26(8-9-26)25(33)34/h3-6,13-14,19,29H,2,7-12,15-16H2,1H3. The molecule has 11 heteroatoms. The predicted molar refractivity (Wildman–Crippen MR) is 141 cm³/mol. The molecule has 1 atom stereocenters. The molecule has 2 aliphatic heterocycles. The number of imidazole rings is 1. The van der Waals surface area contributed by atoms with Gasteiger partial charge < -0.3 is 14.8 Å². The number of amides is 1. The summed E-state index contributed by atoms with van der Waals surface area (Å²) < 4.78 is 41.4. The summed E-state index contributed by atoms with van der Waals surface area (Å²) in [4.78, 5) is 19.9. The largest absolute Gasteiger partial charge is 0.326 e. The Morgan fingerprint density at radius 2 is 2.03 bits per heavy atom. The first-order chi connectivity index (χ1) is 17.7. The Bertz CT molecular complexity index is 1500. The zero-order valence-corrected chi connectivity index (χ0v) is 22.2. The number of benzene rings is 2. The lowest BCUT2D eigenvalue weighted by molar-refractivity contribution is -0.120. The summed E-state index contributed by atoms with van der Waals surface area (Å²) in [5, 5.41) is 4.06. The molecule has 2 aromatic carbocycles. The first-order valence-electron chi connectivity index (χ1n) is 12.6. The minimum absolute atomic E-state index is 0.0167. The van der Waals surface area contributed by atoms with E-state index in [1.54, 1.807) is 11.0 Å². The molecule has 3 aliphatic rings. The van der Waals surface area contributed by atoms with Crippen molar-refractivity contribution in [1.29, 1.82) is 0 Å². The van der Waals surface area contributed by atoms with Crippen LogP contribution in [0.3, 0.4) is 0 Å². The van der Waals surface area contributed by atoms with E-state index in [1.165, 1.54) is 22.7 Å². The van der Waals surface area contributed by atoms with Crippen molar-refractivity contribution in [2.24, 2.45) is 0 Å². The van der Waals surface area contributed by atoms with Crippen LogP contribution in [-0.4, -0.2) is 60.1 Å². The second-order valence-corrected chi connectivity index (χ2v) is 12.8. The second-order valence-electron chi connectivity index (χ2n) is 10.4. The van der Waals surface area contributed by atoms with Crippen LogP contribution in [-0.2, 0) is 33.3 Å². The van der Waals surface area contributed by atoms with Crippen molar-refractivity contribution >= 4 is 44.3 Å². The molecular weight excluding hydrogens is 517 g/mol. The third-order valence-electron chi connectivity index (χ3n) is 7.87. The monoisotopic (exact) mass is 545 g/mol. The Morgan fingerprint density at radius 3 is 2.76 bits per heavy atom. The molecule has 0 bridgehead atoms. The zero-order valence-electron chi connectivity index (χ0n) is 20.6. The van der Waals surface area contributed by atoms with Crippen LogP contribution in [0.2, 0.25) is 5.02 Å². The van der Waals surface area contributed by atoms with E-state index >= 15 is 0 Å². The van der Waals surface area contributed by atoms with Crippen LogP contribution in [0, 0.1) is 5.82 Å². The minimum Gasteiger partial charge on any atom is -0.326 e. The van der Waals surface area contributed by atoms with E-state index in [9.17, 15) is 17.6 Å².